The third-order valence-corrected chi connectivity index (χ3v) is 3.29. The molecule has 0 spiro atoms. The van der Waals surface area contributed by atoms with Crippen LogP contribution < -0.4 is 5.32 Å². The Morgan fingerprint density at radius 2 is 1.81 bits per heavy atom. The molecule has 0 atom stereocenters. The van der Waals surface area contributed by atoms with Crippen molar-refractivity contribution in [2.45, 2.75) is 5.54 Å². The second-order valence-electron chi connectivity index (χ2n) is 4.80. The predicted molar refractivity (Wildman–Crippen MR) is 74.0 cm³/mol. The summed E-state index contributed by atoms with van der Waals surface area (Å²) in [6.45, 7) is -1.74. The van der Waals surface area contributed by atoms with Gasteiger partial charge in [-0.3, -0.25) is 9.48 Å². The summed E-state index contributed by atoms with van der Waals surface area (Å²) >= 11 is 0. The molecule has 2 aromatic heterocycles. The normalized spacial score (nSPS) is 11.6. The minimum absolute atomic E-state index is 0.272. The van der Waals surface area contributed by atoms with Gasteiger partial charge in [0.05, 0.1) is 26.0 Å². The largest absolute Gasteiger partial charge is 0.394 e. The van der Waals surface area contributed by atoms with E-state index < -0.39 is 31.3 Å². The van der Waals surface area contributed by atoms with E-state index >= 15 is 0 Å². The van der Waals surface area contributed by atoms with Crippen LogP contribution in [0.2, 0.25) is 0 Å². The number of hydrogen-bond donors (Lipinski definition) is 4. The van der Waals surface area contributed by atoms with E-state index in [4.69, 9.17) is 0 Å². The first kappa shape index (κ1) is 15.2. The smallest absolute Gasteiger partial charge is 0.257 e. The van der Waals surface area contributed by atoms with Gasteiger partial charge in [-0.1, -0.05) is 0 Å². The van der Waals surface area contributed by atoms with Crippen molar-refractivity contribution < 1.29 is 20.1 Å². The van der Waals surface area contributed by atoms with E-state index in [9.17, 15) is 20.1 Å². The van der Waals surface area contributed by atoms with E-state index in [1.165, 1.54) is 10.9 Å². The Hall–Kier alpha value is -2.16. The quantitative estimate of drug-likeness (QED) is 0.526. The van der Waals surface area contributed by atoms with Crippen molar-refractivity contribution in [1.82, 2.24) is 19.7 Å². The molecule has 8 nitrogen and oxygen atoms in total. The van der Waals surface area contributed by atoms with Gasteiger partial charge in [-0.25, -0.2) is 0 Å². The summed E-state index contributed by atoms with van der Waals surface area (Å²) in [5.74, 6) is 0.00386. The zero-order valence-electron chi connectivity index (χ0n) is 11.6. The minimum atomic E-state index is -1.47. The summed E-state index contributed by atoms with van der Waals surface area (Å²) in [5, 5.41) is 34.3. The molecule has 0 fully saturated rings. The molecule has 0 aliphatic carbocycles. The number of aliphatic hydroxyl groups is 3. The molecule has 0 aliphatic rings. The number of rotatable bonds is 6. The Labute approximate surface area is 121 Å². The molecular weight excluding hydrogens is 276 g/mol. The molecule has 0 radical (unpaired) electrons. The molecule has 0 aromatic carbocycles. The molecule has 4 N–H and O–H groups in total. The van der Waals surface area contributed by atoms with E-state index in [0.29, 0.717) is 5.82 Å². The van der Waals surface area contributed by atoms with E-state index in [-0.39, 0.29) is 5.56 Å². The minimum Gasteiger partial charge on any atom is -0.394 e. The molecule has 21 heavy (non-hydrogen) atoms. The van der Waals surface area contributed by atoms with Gasteiger partial charge in [0.15, 0.2) is 0 Å². The number of nitrogens with zero attached hydrogens (tertiary/aromatic N) is 3. The third-order valence-electron chi connectivity index (χ3n) is 3.29. The van der Waals surface area contributed by atoms with E-state index in [1.54, 1.807) is 24.0 Å². The molecule has 2 rings (SSSR count). The standard InChI is InChI=1S/C13H18N4O4/c1-16-12(17-4-2-3-5-17)10(6-14-16)11(21)15-13(7-18,8-19)9-20/h2-6,18-20H,7-9H2,1H3,(H,15,21). The molecule has 2 heterocycles. The van der Waals surface area contributed by atoms with Gasteiger partial charge in [-0.15, -0.1) is 0 Å². The molecule has 2 aromatic rings. The van der Waals surface area contributed by atoms with E-state index in [2.05, 4.69) is 10.4 Å². The number of carbonyl (C=O) groups excluding carboxylic acids is 1. The lowest BCUT2D eigenvalue weighted by Crippen LogP contribution is -2.57. The van der Waals surface area contributed by atoms with Crippen molar-refractivity contribution in [3.8, 4) is 5.82 Å². The van der Waals surface area contributed by atoms with Gasteiger partial charge in [-0.2, -0.15) is 5.10 Å². The summed E-state index contributed by atoms with van der Waals surface area (Å²) < 4.78 is 3.26. The number of aromatic nitrogens is 3. The Morgan fingerprint density at radius 1 is 1.24 bits per heavy atom. The number of hydrogen-bond acceptors (Lipinski definition) is 5. The number of nitrogens with one attached hydrogen (secondary N) is 1. The van der Waals surface area contributed by atoms with Gasteiger partial charge in [-0.05, 0) is 12.1 Å². The molecule has 0 bridgehead atoms. The van der Waals surface area contributed by atoms with Gasteiger partial charge in [0.2, 0.25) is 0 Å². The summed E-state index contributed by atoms with van der Waals surface area (Å²) in [5.41, 5.74) is -1.20. The first-order valence-electron chi connectivity index (χ1n) is 6.37. The van der Waals surface area contributed by atoms with Crippen molar-refractivity contribution in [1.29, 1.82) is 0 Å². The summed E-state index contributed by atoms with van der Waals surface area (Å²) in [7, 11) is 1.70. The summed E-state index contributed by atoms with van der Waals surface area (Å²) in [6.07, 6.45) is 4.93. The van der Waals surface area contributed by atoms with Gasteiger partial charge in [0.1, 0.15) is 16.9 Å². The maximum Gasteiger partial charge on any atom is 0.257 e. The fourth-order valence-corrected chi connectivity index (χ4v) is 1.95. The highest BCUT2D eigenvalue weighted by Crippen LogP contribution is 2.15. The SMILES string of the molecule is Cn1ncc(C(=O)NC(CO)(CO)CO)c1-n1cccc1. The van der Waals surface area contributed by atoms with Crippen LogP contribution in [-0.4, -0.2) is 60.9 Å². The topological polar surface area (TPSA) is 113 Å². The second-order valence-corrected chi connectivity index (χ2v) is 4.80. The van der Waals surface area contributed by atoms with E-state index in [0.717, 1.165) is 0 Å². The van der Waals surface area contributed by atoms with Crippen LogP contribution >= 0.6 is 0 Å². The van der Waals surface area contributed by atoms with Crippen LogP contribution in [0.25, 0.3) is 5.82 Å². The van der Waals surface area contributed by atoms with Crippen molar-refractivity contribution in [2.24, 2.45) is 7.05 Å². The predicted octanol–water partition coefficient (Wildman–Crippen LogP) is -1.34. The van der Waals surface area contributed by atoms with Crippen molar-refractivity contribution >= 4 is 5.91 Å². The second kappa shape index (κ2) is 6.08. The van der Waals surface area contributed by atoms with Gasteiger partial charge < -0.3 is 25.2 Å². The number of amides is 1. The van der Waals surface area contributed by atoms with Gasteiger partial charge >= 0.3 is 0 Å². The highest BCUT2D eigenvalue weighted by molar-refractivity contribution is 5.97. The van der Waals surface area contributed by atoms with Crippen LogP contribution in [0.5, 0.6) is 0 Å². The van der Waals surface area contributed by atoms with Crippen LogP contribution in [0.15, 0.2) is 30.7 Å². The first-order chi connectivity index (χ1) is 10.1. The van der Waals surface area contributed by atoms with Gasteiger partial charge in [0.25, 0.3) is 5.91 Å². The average molecular weight is 294 g/mol. The molecule has 0 aliphatic heterocycles. The molecule has 1 amide bonds. The highest BCUT2D eigenvalue weighted by Gasteiger charge is 2.31. The maximum atomic E-state index is 12.4. The fourth-order valence-electron chi connectivity index (χ4n) is 1.95. The first-order valence-corrected chi connectivity index (χ1v) is 6.37. The maximum absolute atomic E-state index is 12.4. The Kier molecular flexibility index (Phi) is 4.41. The molecule has 0 unspecified atom stereocenters. The zero-order valence-corrected chi connectivity index (χ0v) is 11.6. The monoisotopic (exact) mass is 294 g/mol. The summed E-state index contributed by atoms with van der Waals surface area (Å²) in [6, 6.07) is 3.63. The molecule has 8 heteroatoms. The number of carbonyl (C=O) groups is 1. The molecule has 114 valence electrons. The average Bonchev–Trinajstić information content (AvgIpc) is 3.13. The third kappa shape index (κ3) is 2.82. The summed E-state index contributed by atoms with van der Waals surface area (Å²) in [4.78, 5) is 12.4. The number of aliphatic hydroxyl groups excluding tert-OH is 3. The number of aryl methyl sites for hydroxylation is 1. The lowest BCUT2D eigenvalue weighted by Gasteiger charge is -2.28. The molecule has 0 saturated heterocycles. The van der Waals surface area contributed by atoms with Crippen LogP contribution in [0.3, 0.4) is 0 Å². The van der Waals surface area contributed by atoms with Crippen LogP contribution in [0.1, 0.15) is 10.4 Å². The van der Waals surface area contributed by atoms with Crippen molar-refractivity contribution in [2.75, 3.05) is 19.8 Å². The molecular formula is C13H18N4O4. The molecule has 0 saturated carbocycles. The van der Waals surface area contributed by atoms with Crippen LogP contribution in [0.4, 0.5) is 0 Å². The van der Waals surface area contributed by atoms with E-state index in [1.807, 2.05) is 12.1 Å². The fraction of sp³-hybridized carbons (Fsp3) is 0.385. The lowest BCUT2D eigenvalue weighted by atomic mass is 10.0. The highest BCUT2D eigenvalue weighted by atomic mass is 16.3. The Morgan fingerprint density at radius 3 is 2.33 bits per heavy atom. The Bertz CT molecular complexity index is 593. The van der Waals surface area contributed by atoms with Crippen LogP contribution in [0, 0.1) is 0 Å². The lowest BCUT2D eigenvalue weighted by molar-refractivity contribution is 0.0375. The van der Waals surface area contributed by atoms with Gasteiger partial charge in [0, 0.05) is 19.4 Å². The van der Waals surface area contributed by atoms with Crippen molar-refractivity contribution in [3.05, 3.63) is 36.3 Å². The van der Waals surface area contributed by atoms with Crippen molar-refractivity contribution in [3.63, 3.8) is 0 Å². The van der Waals surface area contributed by atoms with Crippen LogP contribution in [-0.2, 0) is 7.05 Å². The Balaban J connectivity index is 2.33. The zero-order chi connectivity index (χ0) is 15.5.